The van der Waals surface area contributed by atoms with Crippen molar-refractivity contribution < 1.29 is 27.0 Å². The van der Waals surface area contributed by atoms with E-state index in [1.165, 1.54) is 12.0 Å². The summed E-state index contributed by atoms with van der Waals surface area (Å²) in [5, 5.41) is 9.23. The van der Waals surface area contributed by atoms with Gasteiger partial charge in [0.2, 0.25) is 0 Å². The van der Waals surface area contributed by atoms with Gasteiger partial charge in [0.1, 0.15) is 5.75 Å². The molecular weight excluding hydrogens is 443 g/mol. The number of rotatable bonds is 16. The number of carboxylic acid groups (broad SMARTS) is 1. The Bertz CT molecular complexity index is 840. The summed E-state index contributed by atoms with van der Waals surface area (Å²) in [5.74, 6) is -0.407. The fraction of sp³-hybridized carbons (Fsp3) is 0.481. The van der Waals surface area contributed by atoms with Crippen LogP contribution in [-0.4, -0.2) is 77.3 Å². The van der Waals surface area contributed by atoms with E-state index in [0.29, 0.717) is 18.9 Å². The van der Waals surface area contributed by atoms with Gasteiger partial charge in [-0.3, -0.25) is 4.79 Å². The molecule has 0 fully saturated rings. The monoisotopic (exact) mass is 481 g/mol. The van der Waals surface area contributed by atoms with Gasteiger partial charge in [0.05, 0.1) is 0 Å². The Morgan fingerprint density at radius 1 is 0.941 bits per heavy atom. The van der Waals surface area contributed by atoms with Crippen molar-refractivity contribution in [1.29, 1.82) is 0 Å². The fourth-order valence-electron chi connectivity index (χ4n) is 3.59. The van der Waals surface area contributed by atoms with Crippen LogP contribution >= 0.6 is 0 Å². The van der Waals surface area contributed by atoms with E-state index < -0.39 is 12.1 Å². The quantitative estimate of drug-likeness (QED) is 0.280. The van der Waals surface area contributed by atoms with E-state index >= 15 is 0 Å². The summed E-state index contributed by atoms with van der Waals surface area (Å²) in [7, 11) is 0. The zero-order valence-corrected chi connectivity index (χ0v) is 22.0. The van der Waals surface area contributed by atoms with Crippen molar-refractivity contribution in [2.24, 2.45) is 0 Å². The van der Waals surface area contributed by atoms with Crippen LogP contribution in [0.25, 0.3) is 0 Å². The van der Waals surface area contributed by atoms with E-state index in [4.69, 9.17) is 9.47 Å². The summed E-state index contributed by atoms with van der Waals surface area (Å²) in [6.45, 7) is 5.69. The second kappa shape index (κ2) is 17.4. The van der Waals surface area contributed by atoms with Gasteiger partial charge < -0.3 is 22.3 Å². The van der Waals surface area contributed by atoms with Crippen LogP contribution in [0.3, 0.4) is 0 Å². The van der Waals surface area contributed by atoms with Crippen LogP contribution in [0.15, 0.2) is 54.6 Å². The Morgan fingerprint density at radius 3 is 2.26 bits per heavy atom. The number of amides is 1. The molecule has 0 aliphatic rings. The van der Waals surface area contributed by atoms with Crippen molar-refractivity contribution in [3.63, 3.8) is 0 Å². The van der Waals surface area contributed by atoms with E-state index in [1.807, 2.05) is 35.2 Å². The normalized spacial score (nSPS) is 11.4. The minimum Gasteiger partial charge on any atom is -1.00 e. The minimum absolute atomic E-state index is 0. The summed E-state index contributed by atoms with van der Waals surface area (Å²) >= 11 is 0. The molecule has 0 aliphatic heterocycles. The molecular formula is C27H39MgNO5. The maximum Gasteiger partial charge on any atom is 2.00 e. The zero-order chi connectivity index (χ0) is 23.9. The molecule has 184 valence electrons. The molecule has 0 aliphatic carbocycles. The van der Waals surface area contributed by atoms with Crippen LogP contribution < -0.4 is 4.74 Å². The van der Waals surface area contributed by atoms with Gasteiger partial charge in [-0.2, -0.15) is 0 Å². The molecule has 0 aromatic heterocycles. The molecule has 1 amide bonds. The smallest absolute Gasteiger partial charge is 1.00 e. The Balaban J connectivity index is 0. The molecule has 0 heterocycles. The number of hydrogen-bond donors (Lipinski definition) is 1. The molecule has 0 saturated carbocycles. The summed E-state index contributed by atoms with van der Waals surface area (Å²) in [6.07, 6.45) is 4.69. The molecule has 0 spiro atoms. The van der Waals surface area contributed by atoms with E-state index in [-0.39, 0.29) is 44.8 Å². The Labute approximate surface area is 222 Å². The largest absolute Gasteiger partial charge is 2.00 e. The number of nitrogens with zero attached hydrogens (tertiary/aromatic N) is 1. The molecule has 1 atom stereocenters. The Kier molecular flexibility index (Phi) is 15.3. The van der Waals surface area contributed by atoms with Crippen molar-refractivity contribution in [1.82, 2.24) is 4.90 Å². The molecule has 2 rings (SSSR count). The number of hydrogen-bond acceptors (Lipinski definition) is 4. The second-order valence-electron chi connectivity index (χ2n) is 8.10. The molecule has 0 bridgehead atoms. The second-order valence-corrected chi connectivity index (χ2v) is 8.10. The Morgan fingerprint density at radius 2 is 1.65 bits per heavy atom. The number of carbonyl (C=O) groups is 2. The van der Waals surface area contributed by atoms with Crippen LogP contribution in [-0.2, 0) is 27.2 Å². The maximum atomic E-state index is 12.9. The van der Waals surface area contributed by atoms with Gasteiger partial charge in [0, 0.05) is 26.1 Å². The zero-order valence-electron chi connectivity index (χ0n) is 22.6. The van der Waals surface area contributed by atoms with Gasteiger partial charge in [-0.1, -0.05) is 68.7 Å². The van der Waals surface area contributed by atoms with Crippen LogP contribution in [0.4, 0.5) is 0 Å². The molecule has 0 unspecified atom stereocenters. The first-order valence-electron chi connectivity index (χ1n) is 11.9. The number of ether oxygens (including phenoxy) is 2. The van der Waals surface area contributed by atoms with Gasteiger partial charge in [-0.15, -0.1) is 0 Å². The van der Waals surface area contributed by atoms with E-state index in [2.05, 4.69) is 19.1 Å². The molecule has 34 heavy (non-hydrogen) atoms. The first-order chi connectivity index (χ1) is 16.0. The summed E-state index contributed by atoms with van der Waals surface area (Å²) < 4.78 is 11.0. The van der Waals surface area contributed by atoms with Crippen molar-refractivity contribution in [3.8, 4) is 5.75 Å². The number of aliphatic carboxylic acids is 1. The predicted octanol–water partition coefficient (Wildman–Crippen LogP) is 4.59. The third kappa shape index (κ3) is 11.4. The van der Waals surface area contributed by atoms with Gasteiger partial charge in [0.25, 0.3) is 5.91 Å². The predicted molar refractivity (Wildman–Crippen MR) is 138 cm³/mol. The first-order valence-corrected chi connectivity index (χ1v) is 11.9. The molecule has 0 saturated heterocycles. The average molecular weight is 482 g/mol. The van der Waals surface area contributed by atoms with Crippen LogP contribution in [0.1, 0.15) is 53.5 Å². The minimum atomic E-state index is -0.975. The van der Waals surface area contributed by atoms with E-state index in [9.17, 15) is 14.7 Å². The van der Waals surface area contributed by atoms with Gasteiger partial charge in [0.15, 0.2) is 12.7 Å². The fourth-order valence-corrected chi connectivity index (χ4v) is 3.59. The van der Waals surface area contributed by atoms with Gasteiger partial charge >= 0.3 is 29.0 Å². The first kappa shape index (κ1) is 29.9. The van der Waals surface area contributed by atoms with Gasteiger partial charge in [-0.25, -0.2) is 4.79 Å². The standard InChI is InChI=1S/C27H37NO5.Mg.2H/c1-3-5-6-10-18-28(19-17-22-11-8-7-9-12-22)26(29)21-33-24-15-13-23(14-16-24)20-25(27(30)31)32-4-2;;;/h7-9,11-16,25H,3-6,10,17-21H2,1-2H3,(H,30,31);;;/q;+2;2*-1/t25-;;;/m0.../s1. The van der Waals surface area contributed by atoms with Crippen LogP contribution in [0, 0.1) is 0 Å². The summed E-state index contributed by atoms with van der Waals surface area (Å²) in [4.78, 5) is 26.0. The van der Waals surface area contributed by atoms with Crippen LogP contribution in [0.2, 0.25) is 0 Å². The van der Waals surface area contributed by atoms with E-state index in [1.54, 1.807) is 19.1 Å². The van der Waals surface area contributed by atoms with Crippen LogP contribution in [0.5, 0.6) is 5.75 Å². The summed E-state index contributed by atoms with van der Waals surface area (Å²) in [6, 6.07) is 17.3. The molecule has 2 aromatic carbocycles. The number of benzene rings is 2. The van der Waals surface area contributed by atoms with Gasteiger partial charge in [-0.05, 0) is 43.0 Å². The third-order valence-corrected chi connectivity index (χ3v) is 5.50. The molecule has 7 heteroatoms. The topological polar surface area (TPSA) is 76.1 Å². The molecule has 1 N–H and O–H groups in total. The molecule has 2 aromatic rings. The average Bonchev–Trinajstić information content (AvgIpc) is 2.83. The van der Waals surface area contributed by atoms with Crippen molar-refractivity contribution >= 4 is 34.9 Å². The number of unbranched alkanes of at least 4 members (excludes halogenated alkanes) is 3. The SMILES string of the molecule is CCCCCCN(CCc1ccccc1)C(=O)COc1ccc(C[C@H](OCC)C(=O)O)cc1.[H-].[H-].[Mg+2]. The van der Waals surface area contributed by atoms with Crippen molar-refractivity contribution in [2.45, 2.75) is 58.5 Å². The summed E-state index contributed by atoms with van der Waals surface area (Å²) in [5.41, 5.74) is 2.06. The van der Waals surface area contributed by atoms with Crippen molar-refractivity contribution in [3.05, 3.63) is 65.7 Å². The van der Waals surface area contributed by atoms with Crippen molar-refractivity contribution in [2.75, 3.05) is 26.3 Å². The number of carbonyl (C=O) groups excluding carboxylic acids is 1. The molecule has 6 nitrogen and oxygen atoms in total. The third-order valence-electron chi connectivity index (χ3n) is 5.50. The molecule has 0 radical (unpaired) electrons. The number of carboxylic acids is 1. The van der Waals surface area contributed by atoms with E-state index in [0.717, 1.165) is 37.8 Å². The maximum absolute atomic E-state index is 12.9. The Hall–Kier alpha value is -2.09.